The van der Waals surface area contributed by atoms with Crippen molar-refractivity contribution in [1.82, 2.24) is 5.32 Å². The summed E-state index contributed by atoms with van der Waals surface area (Å²) in [7, 11) is 0. The SMILES string of the molecule is CCC(C(=O)O)C1(NC(=O)OC(C)(C)C)CCC1. The average molecular weight is 257 g/mol. The summed E-state index contributed by atoms with van der Waals surface area (Å²) in [5.74, 6) is -1.40. The molecular formula is C13H23NO4. The summed E-state index contributed by atoms with van der Waals surface area (Å²) in [4.78, 5) is 23.0. The molecule has 0 bridgehead atoms. The van der Waals surface area contributed by atoms with Crippen molar-refractivity contribution in [2.45, 2.75) is 64.5 Å². The van der Waals surface area contributed by atoms with Crippen LogP contribution in [0.3, 0.4) is 0 Å². The molecule has 0 aromatic heterocycles. The second-order valence-electron chi connectivity index (χ2n) is 5.94. The molecule has 0 heterocycles. The van der Waals surface area contributed by atoms with E-state index in [9.17, 15) is 14.7 Å². The van der Waals surface area contributed by atoms with Crippen LogP contribution < -0.4 is 5.32 Å². The number of hydrogen-bond donors (Lipinski definition) is 2. The Bertz CT molecular complexity index is 328. The van der Waals surface area contributed by atoms with Gasteiger partial charge < -0.3 is 15.2 Å². The molecule has 1 aliphatic rings. The second-order valence-corrected chi connectivity index (χ2v) is 5.94. The fourth-order valence-electron chi connectivity index (χ4n) is 2.43. The lowest BCUT2D eigenvalue weighted by molar-refractivity contribution is -0.146. The summed E-state index contributed by atoms with van der Waals surface area (Å²) in [6.07, 6.45) is 2.33. The van der Waals surface area contributed by atoms with Gasteiger partial charge in [0.1, 0.15) is 5.60 Å². The van der Waals surface area contributed by atoms with Crippen molar-refractivity contribution in [3.05, 3.63) is 0 Å². The summed E-state index contributed by atoms with van der Waals surface area (Å²) in [6.45, 7) is 7.19. The lowest BCUT2D eigenvalue weighted by atomic mass is 9.67. The van der Waals surface area contributed by atoms with Crippen molar-refractivity contribution in [2.24, 2.45) is 5.92 Å². The number of carboxylic acid groups (broad SMARTS) is 1. The first kappa shape index (κ1) is 14.8. The molecule has 1 aliphatic carbocycles. The van der Waals surface area contributed by atoms with E-state index in [0.717, 1.165) is 6.42 Å². The fraction of sp³-hybridized carbons (Fsp3) is 0.846. The smallest absolute Gasteiger partial charge is 0.408 e. The van der Waals surface area contributed by atoms with E-state index in [2.05, 4.69) is 5.32 Å². The standard InChI is InChI=1S/C13H23NO4/c1-5-9(10(15)16)13(7-6-8-13)14-11(17)18-12(2,3)4/h9H,5-8H2,1-4H3,(H,14,17)(H,15,16). The lowest BCUT2D eigenvalue weighted by Crippen LogP contribution is -2.60. The second kappa shape index (κ2) is 5.16. The number of carbonyl (C=O) groups is 2. The van der Waals surface area contributed by atoms with Gasteiger partial charge >= 0.3 is 12.1 Å². The predicted molar refractivity (Wildman–Crippen MR) is 67.4 cm³/mol. The van der Waals surface area contributed by atoms with Gasteiger partial charge in [-0.25, -0.2) is 4.79 Å². The van der Waals surface area contributed by atoms with Gasteiger partial charge in [0.15, 0.2) is 0 Å². The van der Waals surface area contributed by atoms with Gasteiger partial charge in [-0.3, -0.25) is 4.79 Å². The number of ether oxygens (including phenoxy) is 1. The highest BCUT2D eigenvalue weighted by Gasteiger charge is 2.48. The number of hydrogen-bond acceptors (Lipinski definition) is 3. The summed E-state index contributed by atoms with van der Waals surface area (Å²) in [5.41, 5.74) is -1.19. The summed E-state index contributed by atoms with van der Waals surface area (Å²) < 4.78 is 5.20. The molecule has 18 heavy (non-hydrogen) atoms. The van der Waals surface area contributed by atoms with Crippen LogP contribution in [0.4, 0.5) is 4.79 Å². The maximum absolute atomic E-state index is 11.8. The molecule has 1 rings (SSSR count). The molecule has 0 spiro atoms. The van der Waals surface area contributed by atoms with Gasteiger partial charge in [0.05, 0.1) is 11.5 Å². The molecule has 0 aliphatic heterocycles. The molecule has 5 heteroatoms. The number of aliphatic carboxylic acids is 1. The number of carboxylic acids is 1. The van der Waals surface area contributed by atoms with Crippen LogP contribution in [0.5, 0.6) is 0 Å². The van der Waals surface area contributed by atoms with Gasteiger partial charge in [-0.05, 0) is 46.5 Å². The van der Waals surface area contributed by atoms with Gasteiger partial charge in [-0.15, -0.1) is 0 Å². The van der Waals surface area contributed by atoms with Crippen molar-refractivity contribution in [2.75, 3.05) is 0 Å². The van der Waals surface area contributed by atoms with E-state index in [-0.39, 0.29) is 0 Å². The summed E-state index contributed by atoms with van der Waals surface area (Å²) in [6, 6.07) is 0. The van der Waals surface area contributed by atoms with E-state index in [1.54, 1.807) is 20.8 Å². The van der Waals surface area contributed by atoms with Crippen molar-refractivity contribution in [1.29, 1.82) is 0 Å². The Balaban J connectivity index is 2.71. The van der Waals surface area contributed by atoms with Gasteiger partial charge in [0.25, 0.3) is 0 Å². The first-order valence-corrected chi connectivity index (χ1v) is 6.44. The van der Waals surface area contributed by atoms with Gasteiger partial charge in [-0.1, -0.05) is 6.92 Å². The molecule has 104 valence electrons. The highest BCUT2D eigenvalue weighted by molar-refractivity contribution is 5.75. The minimum Gasteiger partial charge on any atom is -0.481 e. The zero-order valence-electron chi connectivity index (χ0n) is 11.6. The van der Waals surface area contributed by atoms with Crippen LogP contribution in [0.25, 0.3) is 0 Å². The van der Waals surface area contributed by atoms with Crippen LogP contribution in [0, 0.1) is 5.92 Å². The van der Waals surface area contributed by atoms with Crippen LogP contribution >= 0.6 is 0 Å². The van der Waals surface area contributed by atoms with Crippen LogP contribution in [-0.4, -0.2) is 28.3 Å². The normalized spacial score (nSPS) is 19.6. The predicted octanol–water partition coefficient (Wildman–Crippen LogP) is 2.54. The topological polar surface area (TPSA) is 75.6 Å². The van der Waals surface area contributed by atoms with E-state index >= 15 is 0 Å². The Kier molecular flexibility index (Phi) is 4.24. The molecule has 1 amide bonds. The third-order valence-electron chi connectivity index (χ3n) is 3.37. The third-order valence-corrected chi connectivity index (χ3v) is 3.37. The molecule has 1 unspecified atom stereocenters. The molecule has 1 saturated carbocycles. The van der Waals surface area contributed by atoms with Crippen LogP contribution in [0.2, 0.25) is 0 Å². The summed E-state index contributed by atoms with van der Waals surface area (Å²) in [5, 5.41) is 12.0. The molecule has 1 atom stereocenters. The number of alkyl carbamates (subject to hydrolysis) is 1. The highest BCUT2D eigenvalue weighted by atomic mass is 16.6. The Morgan fingerprint density at radius 2 is 1.94 bits per heavy atom. The maximum Gasteiger partial charge on any atom is 0.408 e. The molecule has 0 radical (unpaired) electrons. The maximum atomic E-state index is 11.8. The largest absolute Gasteiger partial charge is 0.481 e. The van der Waals surface area contributed by atoms with Crippen molar-refractivity contribution in [3.8, 4) is 0 Å². The molecule has 0 saturated heterocycles. The van der Waals surface area contributed by atoms with E-state index in [0.29, 0.717) is 19.3 Å². The Morgan fingerprint density at radius 1 is 1.39 bits per heavy atom. The van der Waals surface area contributed by atoms with Gasteiger partial charge in [-0.2, -0.15) is 0 Å². The van der Waals surface area contributed by atoms with Gasteiger partial charge in [0.2, 0.25) is 0 Å². The van der Waals surface area contributed by atoms with Crippen molar-refractivity contribution >= 4 is 12.1 Å². The fourth-order valence-corrected chi connectivity index (χ4v) is 2.43. The molecule has 0 aromatic carbocycles. The summed E-state index contributed by atoms with van der Waals surface area (Å²) >= 11 is 0. The average Bonchev–Trinajstić information content (AvgIpc) is 2.10. The van der Waals surface area contributed by atoms with Gasteiger partial charge in [0, 0.05) is 0 Å². The van der Waals surface area contributed by atoms with Crippen molar-refractivity contribution < 1.29 is 19.4 Å². The van der Waals surface area contributed by atoms with E-state index in [4.69, 9.17) is 4.74 Å². The molecular weight excluding hydrogens is 234 g/mol. The van der Waals surface area contributed by atoms with E-state index in [1.165, 1.54) is 0 Å². The molecule has 5 nitrogen and oxygen atoms in total. The molecule has 2 N–H and O–H groups in total. The Labute approximate surface area is 108 Å². The van der Waals surface area contributed by atoms with Crippen LogP contribution in [0.15, 0.2) is 0 Å². The quantitative estimate of drug-likeness (QED) is 0.811. The van der Waals surface area contributed by atoms with Crippen molar-refractivity contribution in [3.63, 3.8) is 0 Å². The first-order chi connectivity index (χ1) is 8.20. The first-order valence-electron chi connectivity index (χ1n) is 6.44. The van der Waals surface area contributed by atoms with Crippen LogP contribution in [0.1, 0.15) is 53.4 Å². The zero-order chi connectivity index (χ0) is 14.0. The minimum absolute atomic E-state index is 0.505. The number of rotatable bonds is 4. The van der Waals surface area contributed by atoms with E-state index in [1.807, 2.05) is 6.92 Å². The highest BCUT2D eigenvalue weighted by Crippen LogP contribution is 2.40. The Morgan fingerprint density at radius 3 is 2.22 bits per heavy atom. The molecule has 1 fully saturated rings. The molecule has 0 aromatic rings. The monoisotopic (exact) mass is 257 g/mol. The van der Waals surface area contributed by atoms with E-state index < -0.39 is 29.1 Å². The number of carbonyl (C=O) groups excluding carboxylic acids is 1. The number of amides is 1. The third kappa shape index (κ3) is 3.37. The number of nitrogens with one attached hydrogen (secondary N) is 1. The lowest BCUT2D eigenvalue weighted by Gasteiger charge is -2.46. The zero-order valence-corrected chi connectivity index (χ0v) is 11.6. The van der Waals surface area contributed by atoms with Crippen LogP contribution in [-0.2, 0) is 9.53 Å². The Hall–Kier alpha value is -1.26. The minimum atomic E-state index is -0.853.